The highest BCUT2D eigenvalue weighted by atomic mass is 16.4. The molecule has 0 amide bonds. The monoisotopic (exact) mass is 482 g/mol. The molecule has 2 N–H and O–H groups in total. The predicted octanol–water partition coefficient (Wildman–Crippen LogP) is 9.79. The number of carboxylic acids is 2. The van der Waals surface area contributed by atoms with Gasteiger partial charge in [-0.3, -0.25) is 9.59 Å². The molecule has 0 radical (unpaired) electrons. The van der Waals surface area contributed by atoms with Crippen molar-refractivity contribution in [2.24, 2.45) is 11.3 Å². The third-order valence-electron chi connectivity index (χ3n) is 7.91. The van der Waals surface area contributed by atoms with Gasteiger partial charge in [0.25, 0.3) is 0 Å². The smallest absolute Gasteiger partial charge is 0.309 e. The van der Waals surface area contributed by atoms with Gasteiger partial charge in [-0.1, -0.05) is 130 Å². The number of carbonyl (C=O) groups is 2. The predicted molar refractivity (Wildman–Crippen MR) is 144 cm³/mol. The summed E-state index contributed by atoms with van der Waals surface area (Å²) in [5.74, 6) is -0.908. The largest absolute Gasteiger partial charge is 0.481 e. The van der Waals surface area contributed by atoms with Crippen LogP contribution in [0.15, 0.2) is 0 Å². The van der Waals surface area contributed by atoms with Crippen LogP contribution in [-0.4, -0.2) is 22.2 Å². The average molecular weight is 483 g/mol. The number of rotatable bonds is 26. The van der Waals surface area contributed by atoms with Crippen LogP contribution in [0.1, 0.15) is 168 Å². The quantitative estimate of drug-likeness (QED) is 0.120. The molecule has 0 fully saturated rings. The van der Waals surface area contributed by atoms with Crippen LogP contribution in [0.25, 0.3) is 0 Å². The van der Waals surface area contributed by atoms with E-state index in [1.165, 1.54) is 77.0 Å². The minimum Gasteiger partial charge on any atom is -0.481 e. The summed E-state index contributed by atoms with van der Waals surface area (Å²) in [6.07, 6.45) is 25.2. The second kappa shape index (κ2) is 22.4. The van der Waals surface area contributed by atoms with Crippen molar-refractivity contribution < 1.29 is 19.8 Å². The second-order valence-corrected chi connectivity index (χ2v) is 10.6. The number of hydrogen-bond acceptors (Lipinski definition) is 2. The molecule has 0 rings (SSSR count). The lowest BCUT2D eigenvalue weighted by atomic mass is 9.66. The molecule has 0 aliphatic rings. The van der Waals surface area contributed by atoms with Crippen LogP contribution in [0, 0.1) is 11.3 Å². The Morgan fingerprint density at radius 1 is 0.588 bits per heavy atom. The third-order valence-corrected chi connectivity index (χ3v) is 7.91. The lowest BCUT2D eigenvalue weighted by Crippen LogP contribution is -2.38. The first-order chi connectivity index (χ1) is 16.4. The van der Waals surface area contributed by atoms with Crippen LogP contribution < -0.4 is 0 Å². The van der Waals surface area contributed by atoms with Crippen LogP contribution in [0.2, 0.25) is 0 Å². The van der Waals surface area contributed by atoms with Crippen molar-refractivity contribution in [2.75, 3.05) is 0 Å². The molecule has 0 aliphatic heterocycles. The Kier molecular flexibility index (Phi) is 21.7. The van der Waals surface area contributed by atoms with E-state index in [0.717, 1.165) is 64.2 Å². The van der Waals surface area contributed by atoms with Crippen molar-refractivity contribution in [3.05, 3.63) is 0 Å². The van der Waals surface area contributed by atoms with E-state index >= 15 is 0 Å². The molecule has 34 heavy (non-hydrogen) atoms. The number of hydrogen-bond donors (Lipinski definition) is 2. The minimum atomic E-state index is -0.681. The Hall–Kier alpha value is -1.06. The summed E-state index contributed by atoms with van der Waals surface area (Å²) >= 11 is 0. The fourth-order valence-electron chi connectivity index (χ4n) is 5.57. The fourth-order valence-corrected chi connectivity index (χ4v) is 5.57. The number of carboxylic acid groups (broad SMARTS) is 2. The molecule has 0 saturated heterocycles. The Morgan fingerprint density at radius 3 is 1.41 bits per heavy atom. The van der Waals surface area contributed by atoms with Crippen molar-refractivity contribution in [3.63, 3.8) is 0 Å². The van der Waals surface area contributed by atoms with E-state index in [1.807, 2.05) is 0 Å². The fraction of sp³-hybridized carbons (Fsp3) is 0.933. The lowest BCUT2D eigenvalue weighted by molar-refractivity contribution is -0.154. The SMILES string of the molecule is CCCCCCC(CCCCCCCCCCCCC(=O)O)C(CC)(CCCCCC)C(=O)O. The second-order valence-electron chi connectivity index (χ2n) is 10.6. The number of unbranched alkanes of at least 4 members (excludes halogenated alkanes) is 15. The zero-order valence-corrected chi connectivity index (χ0v) is 23.1. The van der Waals surface area contributed by atoms with Gasteiger partial charge in [-0.2, -0.15) is 0 Å². The van der Waals surface area contributed by atoms with Gasteiger partial charge in [-0.25, -0.2) is 0 Å². The molecular weight excluding hydrogens is 424 g/mol. The highest BCUT2D eigenvalue weighted by Gasteiger charge is 2.42. The van der Waals surface area contributed by atoms with Gasteiger partial charge < -0.3 is 10.2 Å². The molecular formula is C30H58O4. The summed E-state index contributed by atoms with van der Waals surface area (Å²) in [6.45, 7) is 6.55. The van der Waals surface area contributed by atoms with Crippen molar-refractivity contribution in [1.29, 1.82) is 0 Å². The lowest BCUT2D eigenvalue weighted by Gasteiger charge is -2.37. The summed E-state index contributed by atoms with van der Waals surface area (Å²) in [5, 5.41) is 19.0. The molecule has 0 heterocycles. The summed E-state index contributed by atoms with van der Waals surface area (Å²) in [4.78, 5) is 23.1. The van der Waals surface area contributed by atoms with Crippen LogP contribution in [-0.2, 0) is 9.59 Å². The molecule has 4 nitrogen and oxygen atoms in total. The van der Waals surface area contributed by atoms with Gasteiger partial charge >= 0.3 is 11.9 Å². The van der Waals surface area contributed by atoms with Crippen LogP contribution in [0.4, 0.5) is 0 Å². The molecule has 0 aliphatic carbocycles. The zero-order valence-electron chi connectivity index (χ0n) is 23.1. The van der Waals surface area contributed by atoms with E-state index in [2.05, 4.69) is 20.8 Å². The summed E-state index contributed by atoms with van der Waals surface area (Å²) in [6, 6.07) is 0. The topological polar surface area (TPSA) is 74.6 Å². The average Bonchev–Trinajstić information content (AvgIpc) is 2.81. The zero-order chi connectivity index (χ0) is 25.5. The first-order valence-corrected chi connectivity index (χ1v) is 14.9. The van der Waals surface area contributed by atoms with Crippen molar-refractivity contribution in [2.45, 2.75) is 168 Å². The van der Waals surface area contributed by atoms with Gasteiger partial charge in [-0.05, 0) is 38.0 Å². The standard InChI is InChI=1S/C30H58O4/c1-4-7-9-19-23-27(30(6-3,29(33)34)26-22-10-8-5-2)24-20-17-15-13-11-12-14-16-18-21-25-28(31)32/h27H,4-26H2,1-3H3,(H,31,32)(H,33,34). The molecule has 0 saturated carbocycles. The van der Waals surface area contributed by atoms with Gasteiger partial charge in [0.2, 0.25) is 0 Å². The maximum atomic E-state index is 12.6. The molecule has 2 unspecified atom stereocenters. The van der Waals surface area contributed by atoms with Gasteiger partial charge in [0.05, 0.1) is 5.41 Å². The molecule has 0 spiro atoms. The summed E-state index contributed by atoms with van der Waals surface area (Å²) in [7, 11) is 0. The molecule has 4 heteroatoms. The Bertz CT molecular complexity index is 490. The molecule has 0 aromatic carbocycles. The summed E-state index contributed by atoms with van der Waals surface area (Å²) in [5.41, 5.74) is -0.527. The van der Waals surface area contributed by atoms with Gasteiger partial charge in [-0.15, -0.1) is 0 Å². The molecule has 0 bridgehead atoms. The van der Waals surface area contributed by atoms with Crippen molar-refractivity contribution in [1.82, 2.24) is 0 Å². The van der Waals surface area contributed by atoms with E-state index < -0.39 is 17.4 Å². The Morgan fingerprint density at radius 2 is 1.00 bits per heavy atom. The molecule has 2 atom stereocenters. The van der Waals surface area contributed by atoms with E-state index in [4.69, 9.17) is 5.11 Å². The van der Waals surface area contributed by atoms with E-state index in [9.17, 15) is 14.7 Å². The van der Waals surface area contributed by atoms with Gasteiger partial charge in [0.1, 0.15) is 0 Å². The normalized spacial score (nSPS) is 14.1. The number of aliphatic carboxylic acids is 2. The van der Waals surface area contributed by atoms with E-state index in [0.29, 0.717) is 12.3 Å². The van der Waals surface area contributed by atoms with Gasteiger partial charge in [0, 0.05) is 6.42 Å². The first kappa shape index (κ1) is 32.9. The Labute approximate surface area is 211 Å². The highest BCUT2D eigenvalue weighted by Crippen LogP contribution is 2.43. The van der Waals surface area contributed by atoms with E-state index in [-0.39, 0.29) is 0 Å². The maximum absolute atomic E-state index is 12.6. The third kappa shape index (κ3) is 15.8. The van der Waals surface area contributed by atoms with E-state index in [1.54, 1.807) is 0 Å². The van der Waals surface area contributed by atoms with Crippen LogP contribution in [0.5, 0.6) is 0 Å². The molecule has 0 aromatic heterocycles. The molecule has 0 aromatic rings. The van der Waals surface area contributed by atoms with Gasteiger partial charge in [0.15, 0.2) is 0 Å². The Balaban J connectivity index is 4.44. The highest BCUT2D eigenvalue weighted by molar-refractivity contribution is 5.75. The minimum absolute atomic E-state index is 0.305. The first-order valence-electron chi connectivity index (χ1n) is 14.9. The van der Waals surface area contributed by atoms with Crippen LogP contribution in [0.3, 0.4) is 0 Å². The van der Waals surface area contributed by atoms with Crippen molar-refractivity contribution >= 4 is 11.9 Å². The van der Waals surface area contributed by atoms with Crippen molar-refractivity contribution in [3.8, 4) is 0 Å². The summed E-state index contributed by atoms with van der Waals surface area (Å²) < 4.78 is 0. The van der Waals surface area contributed by atoms with Crippen LogP contribution >= 0.6 is 0 Å². The molecule has 202 valence electrons. The maximum Gasteiger partial charge on any atom is 0.309 e.